The lowest BCUT2D eigenvalue weighted by Gasteiger charge is -2.41. The van der Waals surface area contributed by atoms with Crippen LogP contribution in [0.25, 0.3) is 0 Å². The van der Waals surface area contributed by atoms with Crippen LogP contribution in [-0.2, 0) is 18.9 Å². The van der Waals surface area contributed by atoms with E-state index < -0.39 is 7.25 Å². The van der Waals surface area contributed by atoms with Gasteiger partial charge in [-0.15, -0.1) is 0 Å². The third-order valence-corrected chi connectivity index (χ3v) is 3.45. The molecule has 0 N–H and O–H groups in total. The van der Waals surface area contributed by atoms with E-state index in [0.29, 0.717) is 17.7 Å². The molecule has 0 aliphatic rings. The molecule has 0 rings (SSSR count). The molecule has 0 heterocycles. The molecule has 148 valence electrons. The van der Waals surface area contributed by atoms with E-state index in [0.717, 1.165) is 0 Å². The van der Waals surface area contributed by atoms with Crippen LogP contribution in [0, 0.1) is 0 Å². The topological polar surface area (TPSA) is 36.9 Å². The Kier molecular flexibility index (Phi) is 12.9. The molecule has 0 amide bonds. The summed E-state index contributed by atoms with van der Waals surface area (Å²) >= 11 is 0. The number of rotatable bonds is 10. The fraction of sp³-hybridized carbons (Fsp3) is 1.00. The van der Waals surface area contributed by atoms with Crippen LogP contribution in [0.2, 0.25) is 0 Å². The Bertz CT molecular complexity index is 294. The smallest absolute Gasteiger partial charge is 0.418 e. The first kappa shape index (κ1) is 25.8. The van der Waals surface area contributed by atoms with Crippen molar-refractivity contribution >= 4 is 7.25 Å². The SMILES string of the molecule is CCOC(C)OC(C)[N+](C)(C)C(C)OC(C)OCC.F[B-](F)(F)F. The molecule has 4 unspecified atom stereocenters. The summed E-state index contributed by atoms with van der Waals surface area (Å²) in [5.41, 5.74) is 0. The molecule has 0 spiro atoms. The van der Waals surface area contributed by atoms with Crippen molar-refractivity contribution in [1.29, 1.82) is 0 Å². The quantitative estimate of drug-likeness (QED) is 0.255. The van der Waals surface area contributed by atoms with Gasteiger partial charge in [0, 0.05) is 27.1 Å². The van der Waals surface area contributed by atoms with Gasteiger partial charge >= 0.3 is 7.25 Å². The molecule has 0 aliphatic carbocycles. The minimum absolute atomic E-state index is 0.0367. The number of halogens is 4. The van der Waals surface area contributed by atoms with Crippen molar-refractivity contribution < 1.29 is 40.7 Å². The van der Waals surface area contributed by atoms with E-state index in [1.807, 2.05) is 41.5 Å². The van der Waals surface area contributed by atoms with Crippen molar-refractivity contribution in [3.63, 3.8) is 0 Å². The summed E-state index contributed by atoms with van der Waals surface area (Å²) in [7, 11) is -1.85. The van der Waals surface area contributed by atoms with E-state index in [2.05, 4.69) is 14.1 Å². The first-order chi connectivity index (χ1) is 10.8. The number of ether oxygens (including phenoxy) is 4. The van der Waals surface area contributed by atoms with Crippen LogP contribution in [0.3, 0.4) is 0 Å². The zero-order valence-corrected chi connectivity index (χ0v) is 15.9. The molecule has 0 aromatic heterocycles. The van der Waals surface area contributed by atoms with Crippen LogP contribution in [0.5, 0.6) is 0 Å². The summed E-state index contributed by atoms with van der Waals surface area (Å²) in [6.45, 7) is 13.1. The Morgan fingerprint density at radius 1 is 0.750 bits per heavy atom. The van der Waals surface area contributed by atoms with Gasteiger partial charge < -0.3 is 36.2 Å². The highest BCUT2D eigenvalue weighted by molar-refractivity contribution is 6.50. The maximum absolute atomic E-state index is 9.75. The van der Waals surface area contributed by atoms with Gasteiger partial charge in [0.15, 0.2) is 25.0 Å². The Morgan fingerprint density at radius 2 is 1.00 bits per heavy atom. The molecular formula is C14H32BF4NO4. The average Bonchev–Trinajstić information content (AvgIpc) is 2.36. The van der Waals surface area contributed by atoms with Gasteiger partial charge in [-0.2, -0.15) is 0 Å². The molecule has 4 atom stereocenters. The molecule has 0 fully saturated rings. The normalized spacial score (nSPS) is 17.5. The highest BCUT2D eigenvalue weighted by Gasteiger charge is 2.34. The molecule has 0 saturated heterocycles. The van der Waals surface area contributed by atoms with Crippen LogP contribution < -0.4 is 0 Å². The zero-order chi connectivity index (χ0) is 19.6. The third kappa shape index (κ3) is 14.0. The maximum atomic E-state index is 9.75. The summed E-state index contributed by atoms with van der Waals surface area (Å²) in [5, 5.41) is 0. The Balaban J connectivity index is 0. The van der Waals surface area contributed by atoms with Gasteiger partial charge in [0.25, 0.3) is 0 Å². The highest BCUT2D eigenvalue weighted by atomic mass is 19.5. The second-order valence-electron chi connectivity index (χ2n) is 5.64. The van der Waals surface area contributed by atoms with Crippen molar-refractivity contribution in [2.24, 2.45) is 0 Å². The van der Waals surface area contributed by atoms with Crippen LogP contribution in [0.15, 0.2) is 0 Å². The number of hydrogen-bond acceptors (Lipinski definition) is 4. The van der Waals surface area contributed by atoms with E-state index in [1.54, 1.807) is 0 Å². The number of hydrogen-bond donors (Lipinski definition) is 0. The monoisotopic (exact) mass is 365 g/mol. The number of quaternary nitrogens is 1. The van der Waals surface area contributed by atoms with Gasteiger partial charge in [-0.25, -0.2) is 0 Å². The summed E-state index contributed by atoms with van der Waals surface area (Å²) in [5.74, 6) is 0. The third-order valence-electron chi connectivity index (χ3n) is 3.45. The van der Waals surface area contributed by atoms with E-state index in [1.165, 1.54) is 0 Å². The molecule has 0 bridgehead atoms. The predicted molar refractivity (Wildman–Crippen MR) is 85.6 cm³/mol. The van der Waals surface area contributed by atoms with Crippen molar-refractivity contribution in [2.75, 3.05) is 27.3 Å². The van der Waals surface area contributed by atoms with Gasteiger partial charge in [0.2, 0.25) is 0 Å². The summed E-state index contributed by atoms with van der Waals surface area (Å²) in [6.07, 6.45) is -0.501. The number of nitrogens with zero attached hydrogens (tertiary/aromatic N) is 1. The lowest BCUT2D eigenvalue weighted by atomic mass is 10.3. The standard InChI is InChI=1S/C14H32NO4.BF4/c1-9-16-13(5)18-11(3)15(7,8)12(4)19-14(6)17-10-2;2-1(3,4)5/h11-14H,9-10H2,1-8H3;/q+1;-1. The zero-order valence-electron chi connectivity index (χ0n) is 15.9. The molecule has 10 heteroatoms. The van der Waals surface area contributed by atoms with Crippen molar-refractivity contribution in [1.82, 2.24) is 0 Å². The molecule has 0 aliphatic heterocycles. The second-order valence-corrected chi connectivity index (χ2v) is 5.64. The van der Waals surface area contributed by atoms with E-state index in [9.17, 15) is 17.3 Å². The van der Waals surface area contributed by atoms with E-state index >= 15 is 0 Å². The predicted octanol–water partition coefficient (Wildman–Crippen LogP) is 3.85. The van der Waals surface area contributed by atoms with Crippen molar-refractivity contribution in [3.8, 4) is 0 Å². The minimum atomic E-state index is -6.00. The van der Waals surface area contributed by atoms with Crippen LogP contribution in [0.4, 0.5) is 17.3 Å². The van der Waals surface area contributed by atoms with Gasteiger partial charge in [0.1, 0.15) is 0 Å². The lowest BCUT2D eigenvalue weighted by molar-refractivity contribution is -0.979. The van der Waals surface area contributed by atoms with Gasteiger partial charge in [-0.05, 0) is 27.7 Å². The first-order valence-corrected chi connectivity index (χ1v) is 8.00. The Hall–Kier alpha value is -0.415. The van der Waals surface area contributed by atoms with E-state index in [-0.39, 0.29) is 25.0 Å². The largest absolute Gasteiger partial charge is 0.673 e. The van der Waals surface area contributed by atoms with Crippen LogP contribution in [-0.4, -0.2) is 64.1 Å². The van der Waals surface area contributed by atoms with Crippen molar-refractivity contribution in [2.45, 2.75) is 66.6 Å². The minimum Gasteiger partial charge on any atom is -0.418 e. The molecular weight excluding hydrogens is 333 g/mol. The molecule has 0 radical (unpaired) electrons. The molecule has 24 heavy (non-hydrogen) atoms. The highest BCUT2D eigenvalue weighted by Crippen LogP contribution is 2.18. The molecule has 0 aromatic carbocycles. The second kappa shape index (κ2) is 12.0. The summed E-state index contributed by atoms with van der Waals surface area (Å²) in [6, 6.07) is 0. The van der Waals surface area contributed by atoms with Crippen LogP contribution >= 0.6 is 0 Å². The van der Waals surface area contributed by atoms with Gasteiger partial charge in [-0.3, -0.25) is 4.48 Å². The van der Waals surface area contributed by atoms with Crippen molar-refractivity contribution in [3.05, 3.63) is 0 Å². The lowest BCUT2D eigenvalue weighted by Crippen LogP contribution is -2.57. The molecule has 5 nitrogen and oxygen atoms in total. The Morgan fingerprint density at radius 3 is 1.21 bits per heavy atom. The molecule has 0 saturated carbocycles. The summed E-state index contributed by atoms with van der Waals surface area (Å²) in [4.78, 5) is 0. The van der Waals surface area contributed by atoms with Gasteiger partial charge in [-0.1, -0.05) is 0 Å². The van der Waals surface area contributed by atoms with Crippen LogP contribution in [0.1, 0.15) is 41.5 Å². The molecule has 0 aromatic rings. The average molecular weight is 365 g/mol. The fourth-order valence-corrected chi connectivity index (χ4v) is 1.71. The van der Waals surface area contributed by atoms with Gasteiger partial charge in [0.05, 0.1) is 14.1 Å². The maximum Gasteiger partial charge on any atom is 0.673 e. The summed E-state index contributed by atoms with van der Waals surface area (Å²) < 4.78 is 62.1. The van der Waals surface area contributed by atoms with E-state index in [4.69, 9.17) is 18.9 Å². The first-order valence-electron chi connectivity index (χ1n) is 8.00. The fourth-order valence-electron chi connectivity index (χ4n) is 1.71. The Labute approximate surface area is 142 Å².